The van der Waals surface area contributed by atoms with E-state index in [0.29, 0.717) is 17.4 Å². The molecule has 0 spiro atoms. The second-order valence-electron chi connectivity index (χ2n) is 4.91. The lowest BCUT2D eigenvalue weighted by atomic mass is 9.94. The Bertz CT molecular complexity index is 431. The van der Waals surface area contributed by atoms with Gasteiger partial charge >= 0.3 is 0 Å². The third kappa shape index (κ3) is 5.01. The molecule has 0 aliphatic carbocycles. The molecule has 5 heteroatoms. The minimum absolute atomic E-state index is 0. The number of halogens is 2. The molecule has 1 aliphatic rings. The lowest BCUT2D eigenvalue weighted by Crippen LogP contribution is -2.30. The zero-order valence-corrected chi connectivity index (χ0v) is 12.6. The van der Waals surface area contributed by atoms with Crippen molar-refractivity contribution in [2.24, 2.45) is 5.92 Å². The number of piperidine rings is 1. The highest BCUT2D eigenvalue weighted by Gasteiger charge is 2.16. The summed E-state index contributed by atoms with van der Waals surface area (Å²) in [6, 6.07) is 5.61. The van der Waals surface area contributed by atoms with E-state index >= 15 is 0 Å². The molecule has 1 aliphatic heterocycles. The molecule has 19 heavy (non-hydrogen) atoms. The highest BCUT2D eigenvalue weighted by atomic mass is 35.5. The van der Waals surface area contributed by atoms with E-state index in [4.69, 9.17) is 11.6 Å². The number of carbonyl (C=O) groups excluding carboxylic acids is 1. The summed E-state index contributed by atoms with van der Waals surface area (Å²) in [4.78, 5) is 11.9. The zero-order chi connectivity index (χ0) is 13.0. The SMILES string of the molecule is Cc1ccc(NC(=O)CC2CCNCC2)cc1Cl.Cl. The van der Waals surface area contributed by atoms with Crippen molar-refractivity contribution < 1.29 is 4.79 Å². The van der Waals surface area contributed by atoms with Crippen molar-refractivity contribution >= 4 is 35.6 Å². The second-order valence-corrected chi connectivity index (χ2v) is 5.32. The van der Waals surface area contributed by atoms with Crippen LogP contribution in [0.15, 0.2) is 18.2 Å². The first-order valence-corrected chi connectivity index (χ1v) is 6.79. The van der Waals surface area contributed by atoms with Crippen LogP contribution in [0.25, 0.3) is 0 Å². The molecule has 2 N–H and O–H groups in total. The summed E-state index contributed by atoms with van der Waals surface area (Å²) in [6.07, 6.45) is 2.78. The third-order valence-electron chi connectivity index (χ3n) is 3.39. The van der Waals surface area contributed by atoms with Crippen molar-refractivity contribution in [2.75, 3.05) is 18.4 Å². The van der Waals surface area contributed by atoms with Gasteiger partial charge in [-0.2, -0.15) is 0 Å². The van der Waals surface area contributed by atoms with Gasteiger partial charge in [0.1, 0.15) is 0 Å². The molecule has 0 saturated carbocycles. The molecule has 0 aromatic heterocycles. The first-order chi connectivity index (χ1) is 8.65. The van der Waals surface area contributed by atoms with Crippen LogP contribution in [0.4, 0.5) is 5.69 Å². The van der Waals surface area contributed by atoms with Crippen LogP contribution in [0.2, 0.25) is 5.02 Å². The molecule has 1 amide bonds. The molecule has 1 heterocycles. The molecule has 0 radical (unpaired) electrons. The summed E-state index contributed by atoms with van der Waals surface area (Å²) in [5, 5.41) is 6.91. The van der Waals surface area contributed by atoms with Gasteiger partial charge in [0, 0.05) is 17.1 Å². The smallest absolute Gasteiger partial charge is 0.224 e. The molecular formula is C14H20Cl2N2O. The molecule has 3 nitrogen and oxygen atoms in total. The molecule has 0 atom stereocenters. The average Bonchev–Trinajstić information content (AvgIpc) is 2.35. The molecule has 1 aromatic carbocycles. The predicted molar refractivity (Wildman–Crippen MR) is 82.3 cm³/mol. The number of hydrogen-bond acceptors (Lipinski definition) is 2. The van der Waals surface area contributed by atoms with E-state index < -0.39 is 0 Å². The van der Waals surface area contributed by atoms with E-state index in [9.17, 15) is 4.79 Å². The van der Waals surface area contributed by atoms with Gasteiger partial charge in [0.2, 0.25) is 5.91 Å². The highest BCUT2D eigenvalue weighted by molar-refractivity contribution is 6.31. The Kier molecular flexibility index (Phi) is 6.63. The fourth-order valence-electron chi connectivity index (χ4n) is 2.23. The Hall–Kier alpha value is -0.770. The first-order valence-electron chi connectivity index (χ1n) is 6.42. The van der Waals surface area contributed by atoms with E-state index in [1.807, 2.05) is 19.1 Å². The van der Waals surface area contributed by atoms with Gasteiger partial charge < -0.3 is 10.6 Å². The standard InChI is InChI=1S/C14H19ClN2O.ClH/c1-10-2-3-12(9-13(10)15)17-14(18)8-11-4-6-16-7-5-11;/h2-3,9,11,16H,4-8H2,1H3,(H,17,18);1H. The van der Waals surface area contributed by atoms with Gasteiger partial charge in [-0.25, -0.2) is 0 Å². The summed E-state index contributed by atoms with van der Waals surface area (Å²) in [5.74, 6) is 0.592. The quantitative estimate of drug-likeness (QED) is 0.898. The molecule has 1 aromatic rings. The average molecular weight is 303 g/mol. The van der Waals surface area contributed by atoms with Crippen LogP contribution >= 0.6 is 24.0 Å². The maximum Gasteiger partial charge on any atom is 0.224 e. The monoisotopic (exact) mass is 302 g/mol. The van der Waals surface area contributed by atoms with Crippen LogP contribution in [0, 0.1) is 12.8 Å². The molecule has 106 valence electrons. The Morgan fingerprint density at radius 1 is 1.42 bits per heavy atom. The Morgan fingerprint density at radius 2 is 2.11 bits per heavy atom. The van der Waals surface area contributed by atoms with Crippen LogP contribution in [-0.4, -0.2) is 19.0 Å². The fraction of sp³-hybridized carbons (Fsp3) is 0.500. The lowest BCUT2D eigenvalue weighted by molar-refractivity contribution is -0.117. The van der Waals surface area contributed by atoms with E-state index in [-0.39, 0.29) is 18.3 Å². The topological polar surface area (TPSA) is 41.1 Å². The normalized spacial score (nSPS) is 15.7. The van der Waals surface area contributed by atoms with Gasteiger partial charge in [-0.15, -0.1) is 12.4 Å². The van der Waals surface area contributed by atoms with Crippen molar-refractivity contribution in [3.63, 3.8) is 0 Å². The number of carbonyl (C=O) groups is 1. The number of nitrogens with one attached hydrogen (secondary N) is 2. The molecule has 2 rings (SSSR count). The Labute approximate surface area is 125 Å². The van der Waals surface area contributed by atoms with E-state index in [1.54, 1.807) is 6.07 Å². The van der Waals surface area contributed by atoms with Crippen molar-refractivity contribution in [1.29, 1.82) is 0 Å². The van der Waals surface area contributed by atoms with Gasteiger partial charge in [-0.1, -0.05) is 17.7 Å². The minimum atomic E-state index is 0. The number of aryl methyl sites for hydroxylation is 1. The zero-order valence-electron chi connectivity index (χ0n) is 11.0. The number of anilines is 1. The number of rotatable bonds is 3. The van der Waals surface area contributed by atoms with Crippen LogP contribution in [0.5, 0.6) is 0 Å². The largest absolute Gasteiger partial charge is 0.326 e. The van der Waals surface area contributed by atoms with Crippen LogP contribution in [0.3, 0.4) is 0 Å². The molecule has 1 saturated heterocycles. The minimum Gasteiger partial charge on any atom is -0.326 e. The van der Waals surface area contributed by atoms with Crippen LogP contribution < -0.4 is 10.6 Å². The summed E-state index contributed by atoms with van der Waals surface area (Å²) >= 11 is 6.03. The molecule has 0 bridgehead atoms. The van der Waals surface area contributed by atoms with Gasteiger partial charge in [0.05, 0.1) is 0 Å². The van der Waals surface area contributed by atoms with Crippen molar-refractivity contribution in [3.05, 3.63) is 28.8 Å². The van der Waals surface area contributed by atoms with Crippen molar-refractivity contribution in [3.8, 4) is 0 Å². The summed E-state index contributed by atoms with van der Waals surface area (Å²) in [6.45, 7) is 3.99. The number of hydrogen-bond donors (Lipinski definition) is 2. The van der Waals surface area contributed by atoms with Crippen LogP contribution in [-0.2, 0) is 4.79 Å². The molecular weight excluding hydrogens is 283 g/mol. The van der Waals surface area contributed by atoms with E-state index in [2.05, 4.69) is 10.6 Å². The van der Waals surface area contributed by atoms with Gasteiger partial charge in [-0.05, 0) is 56.5 Å². The van der Waals surface area contributed by atoms with Crippen molar-refractivity contribution in [1.82, 2.24) is 5.32 Å². The number of amides is 1. The van der Waals surface area contributed by atoms with Gasteiger partial charge in [-0.3, -0.25) is 4.79 Å². The Balaban J connectivity index is 0.00000180. The summed E-state index contributed by atoms with van der Waals surface area (Å²) in [5.41, 5.74) is 1.80. The highest BCUT2D eigenvalue weighted by Crippen LogP contribution is 2.21. The number of benzene rings is 1. The maximum absolute atomic E-state index is 11.9. The van der Waals surface area contributed by atoms with Gasteiger partial charge in [0.25, 0.3) is 0 Å². The van der Waals surface area contributed by atoms with Crippen molar-refractivity contribution in [2.45, 2.75) is 26.2 Å². The van der Waals surface area contributed by atoms with Crippen LogP contribution in [0.1, 0.15) is 24.8 Å². The summed E-state index contributed by atoms with van der Waals surface area (Å²) < 4.78 is 0. The maximum atomic E-state index is 11.9. The molecule has 1 fully saturated rings. The van der Waals surface area contributed by atoms with E-state index in [1.165, 1.54) is 0 Å². The second kappa shape index (κ2) is 7.73. The van der Waals surface area contributed by atoms with Gasteiger partial charge in [0.15, 0.2) is 0 Å². The van der Waals surface area contributed by atoms with E-state index in [0.717, 1.165) is 37.2 Å². The fourth-order valence-corrected chi connectivity index (χ4v) is 2.41. The summed E-state index contributed by atoms with van der Waals surface area (Å²) in [7, 11) is 0. The first kappa shape index (κ1) is 16.3. The lowest BCUT2D eigenvalue weighted by Gasteiger charge is -2.21. The Morgan fingerprint density at radius 3 is 2.74 bits per heavy atom. The third-order valence-corrected chi connectivity index (χ3v) is 3.80. The molecule has 0 unspecified atom stereocenters. The predicted octanol–water partition coefficient (Wildman–Crippen LogP) is 3.40.